The topological polar surface area (TPSA) is 55.6 Å². The number of para-hydroxylation sites is 1. The second kappa shape index (κ2) is 7.00. The second-order valence-corrected chi connectivity index (χ2v) is 5.03. The van der Waals surface area contributed by atoms with Crippen LogP contribution in [-0.4, -0.2) is 24.0 Å². The first-order valence-corrected chi connectivity index (χ1v) is 6.74. The smallest absolute Gasteiger partial charge is 0.273 e. The molecule has 2 aromatic rings. The van der Waals surface area contributed by atoms with Gasteiger partial charge in [-0.15, -0.1) is 0 Å². The Balaban J connectivity index is 2.09. The Morgan fingerprint density at radius 1 is 1.23 bits per heavy atom. The fraction of sp³-hybridized carbons (Fsp3) is 0.250. The van der Waals surface area contributed by atoms with Crippen molar-refractivity contribution in [2.45, 2.75) is 13.1 Å². The molecule has 0 saturated carbocycles. The van der Waals surface area contributed by atoms with Crippen molar-refractivity contribution < 1.29 is 14.1 Å². The van der Waals surface area contributed by atoms with Crippen molar-refractivity contribution in [1.82, 2.24) is 4.90 Å². The van der Waals surface area contributed by atoms with Crippen LogP contribution in [0.5, 0.6) is 5.75 Å². The number of nitro groups is 1. The fourth-order valence-corrected chi connectivity index (χ4v) is 2.29. The summed E-state index contributed by atoms with van der Waals surface area (Å²) in [6.45, 7) is 0.887. The third-order valence-electron chi connectivity index (χ3n) is 3.30. The second-order valence-electron chi connectivity index (χ2n) is 5.03. The number of nitrogens with zero attached hydrogens (tertiary/aromatic N) is 2. The van der Waals surface area contributed by atoms with Crippen LogP contribution in [0.15, 0.2) is 42.5 Å². The standard InChI is InChI=1S/C16H17FN2O3/c1-18(10-12-7-8-16(22-2)14(17)9-12)11-13-5-3-4-6-15(13)19(20)21/h3-9H,10-11H2,1-2H3. The van der Waals surface area contributed by atoms with E-state index in [0.717, 1.165) is 5.56 Å². The Kier molecular flexibility index (Phi) is 5.06. The zero-order valence-corrected chi connectivity index (χ0v) is 12.5. The van der Waals surface area contributed by atoms with E-state index in [4.69, 9.17) is 4.74 Å². The molecule has 0 unspecified atom stereocenters. The van der Waals surface area contributed by atoms with E-state index >= 15 is 0 Å². The summed E-state index contributed by atoms with van der Waals surface area (Å²) in [6.07, 6.45) is 0. The van der Waals surface area contributed by atoms with Crippen LogP contribution in [0.1, 0.15) is 11.1 Å². The van der Waals surface area contributed by atoms with Crippen LogP contribution in [0.3, 0.4) is 0 Å². The van der Waals surface area contributed by atoms with Crippen LogP contribution in [-0.2, 0) is 13.1 Å². The number of benzene rings is 2. The molecule has 0 atom stereocenters. The van der Waals surface area contributed by atoms with Gasteiger partial charge in [-0.05, 0) is 24.7 Å². The first-order valence-electron chi connectivity index (χ1n) is 6.74. The molecule has 0 saturated heterocycles. The summed E-state index contributed by atoms with van der Waals surface area (Å²) in [5, 5.41) is 11.0. The summed E-state index contributed by atoms with van der Waals surface area (Å²) in [7, 11) is 3.25. The van der Waals surface area contributed by atoms with Crippen molar-refractivity contribution in [3.05, 3.63) is 69.5 Å². The van der Waals surface area contributed by atoms with Crippen LogP contribution in [0, 0.1) is 15.9 Å². The van der Waals surface area contributed by atoms with Gasteiger partial charge in [0.05, 0.1) is 12.0 Å². The van der Waals surface area contributed by atoms with Gasteiger partial charge in [-0.1, -0.05) is 24.3 Å². The molecule has 22 heavy (non-hydrogen) atoms. The van der Waals surface area contributed by atoms with Crippen LogP contribution in [0.2, 0.25) is 0 Å². The molecule has 0 bridgehead atoms. The Hall–Kier alpha value is -2.47. The highest BCUT2D eigenvalue weighted by molar-refractivity contribution is 5.39. The van der Waals surface area contributed by atoms with Gasteiger partial charge in [-0.3, -0.25) is 15.0 Å². The minimum atomic E-state index is -0.418. The highest BCUT2D eigenvalue weighted by Crippen LogP contribution is 2.21. The van der Waals surface area contributed by atoms with Gasteiger partial charge in [0.1, 0.15) is 0 Å². The first-order chi connectivity index (χ1) is 10.5. The van der Waals surface area contributed by atoms with Crippen molar-refractivity contribution in [3.8, 4) is 5.75 Å². The molecule has 0 heterocycles. The predicted molar refractivity (Wildman–Crippen MR) is 81.2 cm³/mol. The van der Waals surface area contributed by atoms with E-state index in [-0.39, 0.29) is 11.4 Å². The molecule has 0 radical (unpaired) electrons. The largest absolute Gasteiger partial charge is 0.494 e. The van der Waals surface area contributed by atoms with Gasteiger partial charge < -0.3 is 4.74 Å². The molecule has 6 heteroatoms. The minimum absolute atomic E-state index is 0.0928. The zero-order chi connectivity index (χ0) is 16.1. The van der Waals surface area contributed by atoms with E-state index in [1.807, 2.05) is 11.9 Å². The highest BCUT2D eigenvalue weighted by Gasteiger charge is 2.14. The lowest BCUT2D eigenvalue weighted by Crippen LogP contribution is -2.18. The number of ether oxygens (including phenoxy) is 1. The maximum atomic E-state index is 13.7. The summed E-state index contributed by atoms with van der Waals surface area (Å²) in [4.78, 5) is 12.5. The Labute approximate surface area is 128 Å². The number of nitro benzene ring substituents is 1. The van der Waals surface area contributed by atoms with Gasteiger partial charge in [0, 0.05) is 24.7 Å². The molecule has 0 N–H and O–H groups in total. The lowest BCUT2D eigenvalue weighted by atomic mass is 10.1. The SMILES string of the molecule is COc1ccc(CN(C)Cc2ccccc2[N+](=O)[O-])cc1F. The summed E-state index contributed by atoms with van der Waals surface area (Å²) < 4.78 is 18.5. The third-order valence-corrected chi connectivity index (χ3v) is 3.30. The van der Waals surface area contributed by atoms with Gasteiger partial charge in [0.25, 0.3) is 5.69 Å². The van der Waals surface area contributed by atoms with Crippen molar-refractivity contribution in [2.24, 2.45) is 0 Å². The Morgan fingerprint density at radius 3 is 2.59 bits per heavy atom. The maximum Gasteiger partial charge on any atom is 0.273 e. The number of methoxy groups -OCH3 is 1. The van der Waals surface area contributed by atoms with Crippen molar-refractivity contribution >= 4 is 5.69 Å². The fourth-order valence-electron chi connectivity index (χ4n) is 2.29. The molecule has 5 nitrogen and oxygen atoms in total. The summed E-state index contributed by atoms with van der Waals surface area (Å²) >= 11 is 0. The zero-order valence-electron chi connectivity index (χ0n) is 12.5. The van der Waals surface area contributed by atoms with Crippen LogP contribution >= 0.6 is 0 Å². The Bertz CT molecular complexity index is 676. The molecule has 0 aliphatic rings. The molecule has 2 aromatic carbocycles. The summed E-state index contributed by atoms with van der Waals surface area (Å²) in [5.74, 6) is -0.218. The average Bonchev–Trinajstić information content (AvgIpc) is 2.47. The molecular formula is C16H17FN2O3. The normalized spacial score (nSPS) is 10.7. The monoisotopic (exact) mass is 304 g/mol. The van der Waals surface area contributed by atoms with Crippen molar-refractivity contribution in [1.29, 1.82) is 0 Å². The molecule has 0 aromatic heterocycles. The van der Waals surface area contributed by atoms with E-state index in [1.165, 1.54) is 19.2 Å². The predicted octanol–water partition coefficient (Wildman–Crippen LogP) is 3.37. The summed E-state index contributed by atoms with van der Waals surface area (Å²) in [5.41, 5.74) is 1.50. The lowest BCUT2D eigenvalue weighted by Gasteiger charge is -2.17. The minimum Gasteiger partial charge on any atom is -0.494 e. The first kappa shape index (κ1) is 15.9. The molecule has 0 aliphatic carbocycles. The third kappa shape index (κ3) is 3.79. The van der Waals surface area contributed by atoms with Gasteiger partial charge in [0.15, 0.2) is 11.6 Å². The van der Waals surface area contributed by atoms with Crippen LogP contribution < -0.4 is 4.74 Å². The Morgan fingerprint density at radius 2 is 1.95 bits per heavy atom. The van der Waals surface area contributed by atoms with Gasteiger partial charge >= 0.3 is 0 Å². The molecule has 2 rings (SSSR count). The molecule has 0 spiro atoms. The molecular weight excluding hydrogens is 287 g/mol. The van der Waals surface area contributed by atoms with E-state index in [1.54, 1.807) is 30.3 Å². The van der Waals surface area contributed by atoms with Gasteiger partial charge in [-0.2, -0.15) is 0 Å². The van der Waals surface area contributed by atoms with E-state index in [2.05, 4.69) is 0 Å². The van der Waals surface area contributed by atoms with E-state index in [9.17, 15) is 14.5 Å². The lowest BCUT2D eigenvalue weighted by molar-refractivity contribution is -0.385. The highest BCUT2D eigenvalue weighted by atomic mass is 19.1. The average molecular weight is 304 g/mol. The number of hydrogen-bond donors (Lipinski definition) is 0. The number of halogens is 1. The van der Waals surface area contributed by atoms with Gasteiger partial charge in [0.2, 0.25) is 0 Å². The van der Waals surface area contributed by atoms with Crippen LogP contribution in [0.4, 0.5) is 10.1 Å². The van der Waals surface area contributed by atoms with Gasteiger partial charge in [-0.25, -0.2) is 4.39 Å². The number of hydrogen-bond acceptors (Lipinski definition) is 4. The van der Waals surface area contributed by atoms with E-state index in [0.29, 0.717) is 18.7 Å². The summed E-state index contributed by atoms with van der Waals surface area (Å²) in [6, 6.07) is 11.4. The molecule has 0 aliphatic heterocycles. The molecule has 116 valence electrons. The maximum absolute atomic E-state index is 13.7. The van der Waals surface area contributed by atoms with Crippen molar-refractivity contribution in [2.75, 3.05) is 14.2 Å². The van der Waals surface area contributed by atoms with E-state index < -0.39 is 10.7 Å². The number of rotatable bonds is 6. The van der Waals surface area contributed by atoms with Crippen molar-refractivity contribution in [3.63, 3.8) is 0 Å². The molecule has 0 fully saturated rings. The quantitative estimate of drug-likeness (QED) is 0.606. The molecule has 0 amide bonds. The van der Waals surface area contributed by atoms with Crippen LogP contribution in [0.25, 0.3) is 0 Å².